The molecular weight excluding hydrogens is 366 g/mol. The smallest absolute Gasteiger partial charge is 0.277 e. The minimum Gasteiger partial charge on any atom is -0.496 e. The Balaban J connectivity index is 1.73. The SMILES string of the molecule is COc1ccc(Br)cc1CSc1nnc(-c2ccncc2)o1. The quantitative estimate of drug-likeness (QED) is 0.621. The van der Waals surface area contributed by atoms with Crippen LogP contribution in [0.15, 0.2) is 56.8 Å². The van der Waals surface area contributed by atoms with Gasteiger partial charge in [0.25, 0.3) is 5.22 Å². The maximum atomic E-state index is 5.66. The van der Waals surface area contributed by atoms with Crippen LogP contribution in [0.3, 0.4) is 0 Å². The number of methoxy groups -OCH3 is 1. The van der Waals surface area contributed by atoms with Crippen LogP contribution < -0.4 is 4.74 Å². The highest BCUT2D eigenvalue weighted by molar-refractivity contribution is 9.10. The van der Waals surface area contributed by atoms with Gasteiger partial charge in [0.05, 0.1) is 7.11 Å². The number of halogens is 1. The average Bonchev–Trinajstić information content (AvgIpc) is 3.03. The zero-order valence-corrected chi connectivity index (χ0v) is 14.1. The van der Waals surface area contributed by atoms with Crippen LogP contribution in [-0.2, 0) is 5.75 Å². The Morgan fingerprint density at radius 3 is 2.77 bits per heavy atom. The van der Waals surface area contributed by atoms with Crippen LogP contribution in [0.5, 0.6) is 5.75 Å². The highest BCUT2D eigenvalue weighted by Crippen LogP contribution is 2.30. The van der Waals surface area contributed by atoms with Crippen molar-refractivity contribution in [3.8, 4) is 17.2 Å². The molecule has 0 radical (unpaired) electrons. The first kappa shape index (κ1) is 15.1. The summed E-state index contributed by atoms with van der Waals surface area (Å²) in [5.74, 6) is 2.01. The zero-order chi connectivity index (χ0) is 15.4. The Hall–Kier alpha value is -1.86. The van der Waals surface area contributed by atoms with Crippen LogP contribution in [0, 0.1) is 0 Å². The fourth-order valence-corrected chi connectivity index (χ4v) is 3.03. The largest absolute Gasteiger partial charge is 0.496 e. The molecule has 0 aliphatic heterocycles. The number of hydrogen-bond acceptors (Lipinski definition) is 6. The summed E-state index contributed by atoms with van der Waals surface area (Å²) < 4.78 is 12.0. The number of thioether (sulfide) groups is 1. The lowest BCUT2D eigenvalue weighted by atomic mass is 10.2. The van der Waals surface area contributed by atoms with E-state index >= 15 is 0 Å². The van der Waals surface area contributed by atoms with E-state index < -0.39 is 0 Å². The molecule has 2 aromatic heterocycles. The number of pyridine rings is 1. The summed E-state index contributed by atoms with van der Waals surface area (Å²) in [6.07, 6.45) is 3.39. The fourth-order valence-electron chi connectivity index (χ4n) is 1.88. The van der Waals surface area contributed by atoms with Crippen molar-refractivity contribution < 1.29 is 9.15 Å². The molecule has 0 saturated heterocycles. The first-order valence-corrected chi connectivity index (χ1v) is 8.23. The van der Waals surface area contributed by atoms with Crippen LogP contribution in [-0.4, -0.2) is 22.3 Å². The molecule has 0 fully saturated rings. The second-order valence-electron chi connectivity index (χ2n) is 4.35. The van der Waals surface area contributed by atoms with E-state index in [0.29, 0.717) is 16.9 Å². The number of ether oxygens (including phenoxy) is 1. The van der Waals surface area contributed by atoms with Crippen molar-refractivity contribution in [2.45, 2.75) is 11.0 Å². The van der Waals surface area contributed by atoms with E-state index in [0.717, 1.165) is 21.3 Å². The summed E-state index contributed by atoms with van der Waals surface area (Å²) in [6.45, 7) is 0. The third-order valence-electron chi connectivity index (χ3n) is 2.93. The van der Waals surface area contributed by atoms with Gasteiger partial charge in [-0.25, -0.2) is 0 Å². The second kappa shape index (κ2) is 6.93. The maximum Gasteiger partial charge on any atom is 0.277 e. The first-order chi connectivity index (χ1) is 10.8. The number of nitrogens with zero attached hydrogens (tertiary/aromatic N) is 3. The summed E-state index contributed by atoms with van der Waals surface area (Å²) in [5.41, 5.74) is 1.92. The Morgan fingerprint density at radius 1 is 1.18 bits per heavy atom. The van der Waals surface area contributed by atoms with Crippen LogP contribution in [0.1, 0.15) is 5.56 Å². The van der Waals surface area contributed by atoms with Crippen molar-refractivity contribution in [1.82, 2.24) is 15.2 Å². The van der Waals surface area contributed by atoms with Crippen molar-refractivity contribution in [3.63, 3.8) is 0 Å². The molecule has 0 aliphatic carbocycles. The van der Waals surface area contributed by atoms with Gasteiger partial charge in [-0.3, -0.25) is 4.98 Å². The van der Waals surface area contributed by atoms with Crippen molar-refractivity contribution in [3.05, 3.63) is 52.8 Å². The molecule has 5 nitrogen and oxygen atoms in total. The zero-order valence-electron chi connectivity index (χ0n) is 11.7. The third kappa shape index (κ3) is 3.48. The molecule has 7 heteroatoms. The predicted molar refractivity (Wildman–Crippen MR) is 87.8 cm³/mol. The fraction of sp³-hybridized carbons (Fsp3) is 0.133. The molecule has 0 atom stereocenters. The van der Waals surface area contributed by atoms with Crippen molar-refractivity contribution in [1.29, 1.82) is 0 Å². The second-order valence-corrected chi connectivity index (χ2v) is 6.20. The molecule has 0 amide bonds. The van der Waals surface area contributed by atoms with Crippen molar-refractivity contribution >= 4 is 27.7 Å². The molecule has 0 unspecified atom stereocenters. The molecule has 0 bridgehead atoms. The normalized spacial score (nSPS) is 10.6. The van der Waals surface area contributed by atoms with E-state index in [1.54, 1.807) is 19.5 Å². The maximum absolute atomic E-state index is 5.66. The van der Waals surface area contributed by atoms with Crippen molar-refractivity contribution in [2.24, 2.45) is 0 Å². The van der Waals surface area contributed by atoms with Crippen LogP contribution >= 0.6 is 27.7 Å². The summed E-state index contributed by atoms with van der Waals surface area (Å²) >= 11 is 4.93. The molecule has 22 heavy (non-hydrogen) atoms. The van der Waals surface area contributed by atoms with Gasteiger partial charge in [-0.15, -0.1) is 10.2 Å². The highest BCUT2D eigenvalue weighted by Gasteiger charge is 2.11. The lowest BCUT2D eigenvalue weighted by Gasteiger charge is -2.07. The molecular formula is C15H12BrN3O2S. The van der Waals surface area contributed by atoms with Gasteiger partial charge in [-0.05, 0) is 30.3 Å². The molecule has 2 heterocycles. The summed E-state index contributed by atoms with van der Waals surface area (Å²) in [5, 5.41) is 8.63. The van der Waals surface area contributed by atoms with Gasteiger partial charge < -0.3 is 9.15 Å². The van der Waals surface area contributed by atoms with Gasteiger partial charge in [0, 0.05) is 33.7 Å². The molecule has 0 aliphatic rings. The average molecular weight is 378 g/mol. The molecule has 0 N–H and O–H groups in total. The molecule has 112 valence electrons. The topological polar surface area (TPSA) is 61.0 Å². The molecule has 3 rings (SSSR count). The number of aromatic nitrogens is 3. The van der Waals surface area contributed by atoms with E-state index in [1.165, 1.54) is 11.8 Å². The van der Waals surface area contributed by atoms with Gasteiger partial charge in [0.2, 0.25) is 5.89 Å². The lowest BCUT2D eigenvalue weighted by Crippen LogP contribution is -1.90. The summed E-state index contributed by atoms with van der Waals surface area (Å²) in [4.78, 5) is 3.97. The highest BCUT2D eigenvalue weighted by atomic mass is 79.9. The van der Waals surface area contributed by atoms with E-state index in [4.69, 9.17) is 9.15 Å². The van der Waals surface area contributed by atoms with Gasteiger partial charge in [0.15, 0.2) is 0 Å². The predicted octanol–water partition coefficient (Wildman–Crippen LogP) is 4.20. The molecule has 0 saturated carbocycles. The molecule has 0 spiro atoms. The monoisotopic (exact) mass is 377 g/mol. The summed E-state index contributed by atoms with van der Waals surface area (Å²) in [6, 6.07) is 9.56. The van der Waals surface area contributed by atoms with E-state index in [1.807, 2.05) is 30.3 Å². The van der Waals surface area contributed by atoms with E-state index in [2.05, 4.69) is 31.1 Å². The van der Waals surface area contributed by atoms with Gasteiger partial charge in [-0.2, -0.15) is 0 Å². The molecule has 1 aromatic carbocycles. The first-order valence-electron chi connectivity index (χ1n) is 6.45. The summed E-state index contributed by atoms with van der Waals surface area (Å²) in [7, 11) is 1.66. The van der Waals surface area contributed by atoms with E-state index in [-0.39, 0.29) is 0 Å². The van der Waals surface area contributed by atoms with Crippen LogP contribution in [0.4, 0.5) is 0 Å². The number of rotatable bonds is 5. The van der Waals surface area contributed by atoms with Gasteiger partial charge in [0.1, 0.15) is 5.75 Å². The van der Waals surface area contributed by atoms with Crippen molar-refractivity contribution in [2.75, 3.05) is 7.11 Å². The number of benzene rings is 1. The minimum absolute atomic E-state index is 0.492. The van der Waals surface area contributed by atoms with E-state index in [9.17, 15) is 0 Å². The standard InChI is InChI=1S/C15H12BrN3O2S/c1-20-13-3-2-12(16)8-11(13)9-22-15-19-18-14(21-15)10-4-6-17-7-5-10/h2-8H,9H2,1H3. The lowest BCUT2D eigenvalue weighted by molar-refractivity contribution is 0.411. The van der Waals surface area contributed by atoms with Crippen LogP contribution in [0.25, 0.3) is 11.5 Å². The third-order valence-corrected chi connectivity index (χ3v) is 4.29. The molecule has 3 aromatic rings. The van der Waals surface area contributed by atoms with Gasteiger partial charge in [-0.1, -0.05) is 27.7 Å². The number of hydrogen-bond donors (Lipinski definition) is 0. The Kier molecular flexibility index (Phi) is 4.74. The Morgan fingerprint density at radius 2 is 2.00 bits per heavy atom. The minimum atomic E-state index is 0.492. The Labute approximate surface area is 140 Å². The van der Waals surface area contributed by atoms with Crippen LogP contribution in [0.2, 0.25) is 0 Å². The Bertz CT molecular complexity index is 764. The van der Waals surface area contributed by atoms with Gasteiger partial charge >= 0.3 is 0 Å².